The van der Waals surface area contributed by atoms with E-state index in [1.807, 2.05) is 0 Å². The molecule has 0 heterocycles. The minimum absolute atomic E-state index is 0.150. The Hall–Kier alpha value is -1.11. The van der Waals surface area contributed by atoms with Crippen molar-refractivity contribution in [2.75, 3.05) is 5.73 Å². The van der Waals surface area contributed by atoms with Crippen LogP contribution >= 0.6 is 0 Å². The molecule has 0 unspecified atom stereocenters. The van der Waals surface area contributed by atoms with Gasteiger partial charge in [0, 0.05) is 11.7 Å². The molecule has 0 aliphatic heterocycles. The highest BCUT2D eigenvalue weighted by molar-refractivity contribution is 7.88. The van der Waals surface area contributed by atoms with Crippen molar-refractivity contribution < 1.29 is 13.5 Å². The lowest BCUT2D eigenvalue weighted by molar-refractivity contribution is 0.101. The molecular weight excluding hydrogens is 264 g/mol. The minimum atomic E-state index is -3.48. The van der Waals surface area contributed by atoms with Gasteiger partial charge in [0.15, 0.2) is 0 Å². The van der Waals surface area contributed by atoms with Gasteiger partial charge in [-0.3, -0.25) is 0 Å². The van der Waals surface area contributed by atoms with Crippen molar-refractivity contribution in [3.05, 3.63) is 29.8 Å². The summed E-state index contributed by atoms with van der Waals surface area (Å²) in [6.45, 7) is 0. The first-order chi connectivity index (χ1) is 8.98. The molecule has 2 atom stereocenters. The summed E-state index contributed by atoms with van der Waals surface area (Å²) in [4.78, 5) is 0. The number of sulfonamides is 1. The average Bonchev–Trinajstić information content (AvgIpc) is 2.35. The molecule has 0 amide bonds. The maximum atomic E-state index is 12.1. The van der Waals surface area contributed by atoms with Crippen LogP contribution in [0.5, 0.6) is 0 Å². The van der Waals surface area contributed by atoms with Gasteiger partial charge in [0.05, 0.1) is 11.9 Å². The minimum Gasteiger partial charge on any atom is -0.398 e. The lowest BCUT2D eigenvalue weighted by atomic mass is 9.93. The maximum Gasteiger partial charge on any atom is 0.216 e. The Balaban J connectivity index is 2.04. The molecule has 1 fully saturated rings. The molecule has 2 rings (SSSR count). The Morgan fingerprint density at radius 2 is 1.95 bits per heavy atom. The molecule has 0 spiro atoms. The second-order valence-corrected chi connectivity index (χ2v) is 6.79. The SMILES string of the molecule is Nc1ccccc1CS(=O)(=O)N[C@H]1CCCC[C@@H]1O. The van der Waals surface area contributed by atoms with Crippen molar-refractivity contribution in [3.8, 4) is 0 Å². The number of benzene rings is 1. The first kappa shape index (κ1) is 14.3. The van der Waals surface area contributed by atoms with Crippen molar-refractivity contribution >= 4 is 15.7 Å². The van der Waals surface area contributed by atoms with Gasteiger partial charge in [0.1, 0.15) is 0 Å². The lowest BCUT2D eigenvalue weighted by Gasteiger charge is -2.28. The van der Waals surface area contributed by atoms with E-state index in [0.29, 0.717) is 24.1 Å². The van der Waals surface area contributed by atoms with Crippen LogP contribution < -0.4 is 10.5 Å². The summed E-state index contributed by atoms with van der Waals surface area (Å²) in [7, 11) is -3.48. The van der Waals surface area contributed by atoms with Crippen LogP contribution in [-0.2, 0) is 15.8 Å². The number of para-hydroxylation sites is 1. The zero-order valence-corrected chi connectivity index (χ0v) is 11.6. The summed E-state index contributed by atoms with van der Waals surface area (Å²) in [6, 6.07) is 6.54. The molecule has 4 N–H and O–H groups in total. The van der Waals surface area contributed by atoms with Gasteiger partial charge in [-0.25, -0.2) is 13.1 Å². The molecule has 0 radical (unpaired) electrons. The van der Waals surface area contributed by atoms with Gasteiger partial charge in [-0.2, -0.15) is 0 Å². The summed E-state index contributed by atoms with van der Waals surface area (Å²) in [6.07, 6.45) is 2.64. The number of nitrogens with two attached hydrogens (primary N) is 1. The standard InChI is InChI=1S/C13H20N2O3S/c14-11-6-2-1-5-10(11)9-19(17,18)15-12-7-3-4-8-13(12)16/h1-2,5-6,12-13,15-16H,3-4,7-9,14H2/t12-,13-/m0/s1. The molecule has 5 nitrogen and oxygen atoms in total. The van der Waals surface area contributed by atoms with Gasteiger partial charge in [0.25, 0.3) is 0 Å². The summed E-state index contributed by atoms with van der Waals surface area (Å²) in [5.41, 5.74) is 6.80. The van der Waals surface area contributed by atoms with Crippen molar-refractivity contribution in [2.24, 2.45) is 0 Å². The fraction of sp³-hybridized carbons (Fsp3) is 0.538. The van der Waals surface area contributed by atoms with Gasteiger partial charge in [-0.1, -0.05) is 31.0 Å². The van der Waals surface area contributed by atoms with Crippen molar-refractivity contribution in [1.29, 1.82) is 0 Å². The fourth-order valence-electron chi connectivity index (χ4n) is 2.39. The zero-order valence-electron chi connectivity index (χ0n) is 10.7. The second kappa shape index (κ2) is 5.90. The maximum absolute atomic E-state index is 12.1. The summed E-state index contributed by atoms with van der Waals surface area (Å²) >= 11 is 0. The summed E-state index contributed by atoms with van der Waals surface area (Å²) in [5, 5.41) is 9.80. The number of nitrogens with one attached hydrogen (secondary N) is 1. The molecule has 0 bridgehead atoms. The van der Waals surface area contributed by atoms with Crippen LogP contribution in [0, 0.1) is 0 Å². The summed E-state index contributed by atoms with van der Waals surface area (Å²) in [5.74, 6) is -0.150. The van der Waals surface area contributed by atoms with Crippen LogP contribution in [0.15, 0.2) is 24.3 Å². The van der Waals surface area contributed by atoms with Gasteiger partial charge in [-0.05, 0) is 24.5 Å². The summed E-state index contributed by atoms with van der Waals surface area (Å²) < 4.78 is 26.8. The van der Waals surface area contributed by atoms with Crippen molar-refractivity contribution in [2.45, 2.75) is 43.6 Å². The Morgan fingerprint density at radius 3 is 2.63 bits per heavy atom. The predicted molar refractivity (Wildman–Crippen MR) is 74.9 cm³/mol. The molecule has 1 aliphatic carbocycles. The van der Waals surface area contributed by atoms with E-state index < -0.39 is 16.1 Å². The number of rotatable bonds is 4. The second-order valence-electron chi connectivity index (χ2n) is 5.03. The molecule has 1 aromatic rings. The third kappa shape index (κ3) is 3.92. The van der Waals surface area contributed by atoms with Gasteiger partial charge in [0.2, 0.25) is 10.0 Å². The van der Waals surface area contributed by atoms with Gasteiger partial charge in [-0.15, -0.1) is 0 Å². The molecule has 1 saturated carbocycles. The van der Waals surface area contributed by atoms with Crippen LogP contribution in [0.4, 0.5) is 5.69 Å². The number of hydrogen-bond acceptors (Lipinski definition) is 4. The van der Waals surface area contributed by atoms with E-state index >= 15 is 0 Å². The van der Waals surface area contributed by atoms with E-state index in [4.69, 9.17) is 5.73 Å². The van der Waals surface area contributed by atoms with E-state index in [-0.39, 0.29) is 11.8 Å². The zero-order chi connectivity index (χ0) is 13.9. The molecule has 0 aromatic heterocycles. The highest BCUT2D eigenvalue weighted by Crippen LogP contribution is 2.20. The molecule has 6 heteroatoms. The quantitative estimate of drug-likeness (QED) is 0.719. The van der Waals surface area contributed by atoms with Crippen LogP contribution in [0.25, 0.3) is 0 Å². The number of hydrogen-bond donors (Lipinski definition) is 3. The third-order valence-corrected chi connectivity index (χ3v) is 4.81. The average molecular weight is 284 g/mol. The lowest BCUT2D eigenvalue weighted by Crippen LogP contribution is -2.45. The molecule has 0 saturated heterocycles. The Kier molecular flexibility index (Phi) is 4.44. The monoisotopic (exact) mass is 284 g/mol. The molecule has 1 aromatic carbocycles. The Labute approximate surface area is 113 Å². The van der Waals surface area contributed by atoms with Crippen LogP contribution in [0.3, 0.4) is 0 Å². The molecular formula is C13H20N2O3S. The van der Waals surface area contributed by atoms with E-state index in [9.17, 15) is 13.5 Å². The first-order valence-electron chi connectivity index (χ1n) is 6.49. The van der Waals surface area contributed by atoms with Crippen molar-refractivity contribution in [1.82, 2.24) is 4.72 Å². The normalized spacial score (nSPS) is 24.3. The largest absolute Gasteiger partial charge is 0.398 e. The number of aliphatic hydroxyl groups is 1. The smallest absolute Gasteiger partial charge is 0.216 e. The number of nitrogen functional groups attached to an aromatic ring is 1. The first-order valence-corrected chi connectivity index (χ1v) is 8.14. The number of anilines is 1. The van der Waals surface area contributed by atoms with Crippen molar-refractivity contribution in [3.63, 3.8) is 0 Å². The number of aliphatic hydroxyl groups excluding tert-OH is 1. The highest BCUT2D eigenvalue weighted by atomic mass is 32.2. The molecule has 19 heavy (non-hydrogen) atoms. The Bertz CT molecular complexity index is 530. The Morgan fingerprint density at radius 1 is 1.26 bits per heavy atom. The van der Waals surface area contributed by atoms with Crippen LogP contribution in [0.2, 0.25) is 0 Å². The molecule has 1 aliphatic rings. The topological polar surface area (TPSA) is 92.4 Å². The predicted octanol–water partition coefficient (Wildman–Crippen LogP) is 0.992. The van der Waals surface area contributed by atoms with E-state index in [0.717, 1.165) is 12.8 Å². The third-order valence-electron chi connectivity index (χ3n) is 3.46. The van der Waals surface area contributed by atoms with Gasteiger partial charge >= 0.3 is 0 Å². The fourth-order valence-corrected chi connectivity index (χ4v) is 3.88. The molecule has 106 valence electrons. The van der Waals surface area contributed by atoms with E-state index in [1.165, 1.54) is 0 Å². The van der Waals surface area contributed by atoms with E-state index in [1.54, 1.807) is 24.3 Å². The van der Waals surface area contributed by atoms with Crippen LogP contribution in [-0.4, -0.2) is 25.7 Å². The van der Waals surface area contributed by atoms with Crippen LogP contribution in [0.1, 0.15) is 31.2 Å². The van der Waals surface area contributed by atoms with E-state index in [2.05, 4.69) is 4.72 Å². The van der Waals surface area contributed by atoms with Gasteiger partial charge < -0.3 is 10.8 Å². The highest BCUT2D eigenvalue weighted by Gasteiger charge is 2.27.